The number of rotatable bonds is 4. The highest BCUT2D eigenvalue weighted by atomic mass is 16.5. The molecule has 0 aliphatic carbocycles. The lowest BCUT2D eigenvalue weighted by Crippen LogP contribution is -2.53. The maximum atomic E-state index is 13.0. The van der Waals surface area contributed by atoms with Gasteiger partial charge in [0.05, 0.1) is 32.0 Å². The molecule has 1 atom stereocenters. The molecular weight excluding hydrogens is 382 g/mol. The normalized spacial score (nSPS) is 18.4. The van der Waals surface area contributed by atoms with Crippen LogP contribution in [0.2, 0.25) is 0 Å². The predicted molar refractivity (Wildman–Crippen MR) is 115 cm³/mol. The van der Waals surface area contributed by atoms with E-state index in [9.17, 15) is 9.59 Å². The van der Waals surface area contributed by atoms with Gasteiger partial charge in [-0.05, 0) is 49.2 Å². The molecule has 7 heteroatoms. The van der Waals surface area contributed by atoms with Gasteiger partial charge in [-0.1, -0.05) is 18.2 Å². The van der Waals surface area contributed by atoms with E-state index in [1.165, 1.54) is 0 Å². The van der Waals surface area contributed by atoms with E-state index in [1.54, 1.807) is 4.90 Å². The van der Waals surface area contributed by atoms with Crippen LogP contribution in [0.25, 0.3) is 0 Å². The third-order valence-corrected chi connectivity index (χ3v) is 5.30. The first-order valence-electron chi connectivity index (χ1n) is 10.2. The number of benzene rings is 2. The van der Waals surface area contributed by atoms with Crippen LogP contribution in [0.15, 0.2) is 42.5 Å². The average molecular weight is 409 g/mol. The van der Waals surface area contributed by atoms with Crippen LogP contribution < -0.4 is 15.0 Å². The summed E-state index contributed by atoms with van der Waals surface area (Å²) in [6, 6.07) is 13.5. The van der Waals surface area contributed by atoms with E-state index in [1.807, 2.05) is 55.1 Å². The maximum absolute atomic E-state index is 13.0. The number of nitrogens with zero attached hydrogens (tertiary/aromatic N) is 2. The van der Waals surface area contributed by atoms with Gasteiger partial charge in [0.2, 0.25) is 5.91 Å². The highest BCUT2D eigenvalue weighted by Crippen LogP contribution is 2.33. The molecule has 0 aromatic heterocycles. The number of amides is 2. The van der Waals surface area contributed by atoms with Crippen molar-refractivity contribution in [2.45, 2.75) is 20.0 Å². The fraction of sp³-hybridized carbons (Fsp3) is 0.391. The Morgan fingerprint density at radius 1 is 1.07 bits per heavy atom. The van der Waals surface area contributed by atoms with Crippen LogP contribution in [0.5, 0.6) is 5.75 Å². The number of carbonyl (C=O) groups excluding carboxylic acids is 2. The minimum absolute atomic E-state index is 0.0625. The number of nitrogens with one attached hydrogen (secondary N) is 1. The molecule has 0 bridgehead atoms. The second-order valence-electron chi connectivity index (χ2n) is 7.82. The van der Waals surface area contributed by atoms with Crippen LogP contribution in [-0.2, 0) is 14.3 Å². The monoisotopic (exact) mass is 409 g/mol. The maximum Gasteiger partial charge on any atom is 0.265 e. The average Bonchev–Trinajstić information content (AvgIpc) is 2.73. The molecule has 0 spiro atoms. The molecule has 30 heavy (non-hydrogen) atoms. The van der Waals surface area contributed by atoms with Crippen molar-refractivity contribution in [3.8, 4) is 5.75 Å². The summed E-state index contributed by atoms with van der Waals surface area (Å²) in [5.74, 6) is 0.427. The zero-order valence-electron chi connectivity index (χ0n) is 17.4. The van der Waals surface area contributed by atoms with Gasteiger partial charge in [-0.2, -0.15) is 0 Å². The molecule has 0 unspecified atom stereocenters. The predicted octanol–water partition coefficient (Wildman–Crippen LogP) is 2.37. The van der Waals surface area contributed by atoms with Gasteiger partial charge in [0.25, 0.3) is 5.91 Å². The van der Waals surface area contributed by atoms with E-state index in [-0.39, 0.29) is 18.4 Å². The van der Waals surface area contributed by atoms with Gasteiger partial charge in [-0.15, -0.1) is 0 Å². The molecule has 2 aliphatic heterocycles. The molecule has 2 aromatic rings. The Hall–Kier alpha value is -3.06. The quantitative estimate of drug-likeness (QED) is 0.840. The van der Waals surface area contributed by atoms with Crippen molar-refractivity contribution in [2.24, 2.45) is 0 Å². The van der Waals surface area contributed by atoms with Crippen molar-refractivity contribution in [3.63, 3.8) is 0 Å². The first-order valence-corrected chi connectivity index (χ1v) is 10.2. The second-order valence-corrected chi connectivity index (χ2v) is 7.82. The van der Waals surface area contributed by atoms with E-state index < -0.39 is 6.10 Å². The lowest BCUT2D eigenvalue weighted by Gasteiger charge is -2.38. The van der Waals surface area contributed by atoms with E-state index in [2.05, 4.69) is 11.4 Å². The largest absolute Gasteiger partial charge is 0.477 e. The topological polar surface area (TPSA) is 71.1 Å². The Morgan fingerprint density at radius 3 is 2.50 bits per heavy atom. The van der Waals surface area contributed by atoms with Gasteiger partial charge in [-0.25, -0.2) is 0 Å². The number of para-hydroxylation sites is 2. The molecule has 0 radical (unpaired) electrons. The van der Waals surface area contributed by atoms with Crippen LogP contribution >= 0.6 is 0 Å². The van der Waals surface area contributed by atoms with Gasteiger partial charge < -0.3 is 24.6 Å². The van der Waals surface area contributed by atoms with Crippen molar-refractivity contribution in [2.75, 3.05) is 49.6 Å². The van der Waals surface area contributed by atoms with Crippen LogP contribution in [0.3, 0.4) is 0 Å². The Balaban J connectivity index is 1.49. The lowest BCUT2D eigenvalue weighted by atomic mass is 10.1. The minimum atomic E-state index is -0.646. The number of aryl methyl sites for hydroxylation is 2. The smallest absolute Gasteiger partial charge is 0.265 e. The Labute approximate surface area is 176 Å². The molecular formula is C23H27N3O4. The van der Waals surface area contributed by atoms with Crippen LogP contribution in [0.1, 0.15) is 11.1 Å². The van der Waals surface area contributed by atoms with Gasteiger partial charge in [0, 0.05) is 18.8 Å². The minimum Gasteiger partial charge on any atom is -0.477 e. The molecule has 158 valence electrons. The molecule has 1 N–H and O–H groups in total. The summed E-state index contributed by atoms with van der Waals surface area (Å²) in [5, 5.41) is 2.98. The summed E-state index contributed by atoms with van der Waals surface area (Å²) >= 11 is 0. The van der Waals surface area contributed by atoms with Crippen molar-refractivity contribution in [1.82, 2.24) is 4.90 Å². The number of hydrogen-bond donors (Lipinski definition) is 1. The number of ether oxygens (including phenoxy) is 2. The van der Waals surface area contributed by atoms with E-state index in [0.717, 1.165) is 22.5 Å². The molecule has 2 aliphatic rings. The fourth-order valence-electron chi connectivity index (χ4n) is 3.99. The summed E-state index contributed by atoms with van der Waals surface area (Å²) < 4.78 is 11.3. The Bertz CT molecular complexity index is 920. The van der Waals surface area contributed by atoms with Crippen molar-refractivity contribution in [1.29, 1.82) is 0 Å². The SMILES string of the molecule is Cc1cc(C)cc(NC(=O)CN2C[C@@H](C(=O)N3CCOCC3)Oc3ccccc32)c1. The summed E-state index contributed by atoms with van der Waals surface area (Å²) in [6.45, 7) is 6.67. The number of hydrogen-bond acceptors (Lipinski definition) is 5. The first-order chi connectivity index (χ1) is 14.5. The number of anilines is 2. The molecule has 7 nitrogen and oxygen atoms in total. The molecule has 2 aromatic carbocycles. The van der Waals surface area contributed by atoms with E-state index in [0.29, 0.717) is 38.6 Å². The van der Waals surface area contributed by atoms with Gasteiger partial charge in [-0.3, -0.25) is 9.59 Å². The summed E-state index contributed by atoms with van der Waals surface area (Å²) in [4.78, 5) is 29.5. The summed E-state index contributed by atoms with van der Waals surface area (Å²) in [7, 11) is 0. The highest BCUT2D eigenvalue weighted by Gasteiger charge is 2.34. The summed E-state index contributed by atoms with van der Waals surface area (Å²) in [6.07, 6.45) is -0.646. The van der Waals surface area contributed by atoms with Crippen LogP contribution in [0, 0.1) is 13.8 Å². The molecule has 1 fully saturated rings. The molecule has 2 heterocycles. The fourth-order valence-corrected chi connectivity index (χ4v) is 3.99. The van der Waals surface area contributed by atoms with Gasteiger partial charge in [0.15, 0.2) is 6.10 Å². The number of morpholine rings is 1. The van der Waals surface area contributed by atoms with E-state index in [4.69, 9.17) is 9.47 Å². The van der Waals surface area contributed by atoms with Crippen molar-refractivity contribution >= 4 is 23.2 Å². The molecule has 1 saturated heterocycles. The third kappa shape index (κ3) is 4.57. The third-order valence-electron chi connectivity index (χ3n) is 5.30. The van der Waals surface area contributed by atoms with Crippen LogP contribution in [0.4, 0.5) is 11.4 Å². The molecule has 0 saturated carbocycles. The number of fused-ring (bicyclic) bond motifs is 1. The number of carbonyl (C=O) groups is 2. The van der Waals surface area contributed by atoms with E-state index >= 15 is 0 Å². The Kier molecular flexibility index (Phi) is 5.90. The first kappa shape index (κ1) is 20.2. The van der Waals surface area contributed by atoms with Gasteiger partial charge in [0.1, 0.15) is 5.75 Å². The summed E-state index contributed by atoms with van der Waals surface area (Å²) in [5.41, 5.74) is 3.79. The van der Waals surface area contributed by atoms with Crippen molar-refractivity contribution < 1.29 is 19.1 Å². The zero-order chi connectivity index (χ0) is 21.1. The lowest BCUT2D eigenvalue weighted by molar-refractivity contribution is -0.142. The highest BCUT2D eigenvalue weighted by molar-refractivity contribution is 5.95. The molecule has 4 rings (SSSR count). The second kappa shape index (κ2) is 8.75. The Morgan fingerprint density at radius 2 is 1.77 bits per heavy atom. The zero-order valence-corrected chi connectivity index (χ0v) is 17.4. The van der Waals surface area contributed by atoms with Gasteiger partial charge >= 0.3 is 0 Å². The standard InChI is InChI=1S/C23H27N3O4/c1-16-11-17(2)13-18(12-16)24-22(27)15-26-14-21(23(28)25-7-9-29-10-8-25)30-20-6-4-3-5-19(20)26/h3-6,11-13,21H,7-10,14-15H2,1-2H3,(H,24,27)/t21-/m0/s1. The van der Waals surface area contributed by atoms with Crippen molar-refractivity contribution in [3.05, 3.63) is 53.6 Å². The molecule has 2 amide bonds. The van der Waals surface area contributed by atoms with Crippen LogP contribution in [-0.4, -0.2) is 62.2 Å².